The maximum Gasteiger partial charge on any atom is 0.263 e. The Morgan fingerprint density at radius 1 is 1.34 bits per heavy atom. The van der Waals surface area contributed by atoms with Crippen LogP contribution in [0.15, 0.2) is 40.8 Å². The molecule has 0 unspecified atom stereocenters. The number of rotatable bonds is 6. The highest BCUT2D eigenvalue weighted by Crippen LogP contribution is 2.36. The van der Waals surface area contributed by atoms with E-state index in [1.807, 2.05) is 0 Å². The van der Waals surface area contributed by atoms with Crippen LogP contribution in [0.4, 0.5) is 5.69 Å². The summed E-state index contributed by atoms with van der Waals surface area (Å²) >= 11 is 2.90. The SMILES string of the molecule is C=CCn1c(S[C@H](C)C(=O)Nc2ccc3c(c2)OCO3)nc2sc3c(c2c1=O)CCCC3. The van der Waals surface area contributed by atoms with Crippen molar-refractivity contribution in [2.24, 2.45) is 0 Å². The number of thioether (sulfide) groups is 1. The molecule has 0 radical (unpaired) electrons. The van der Waals surface area contributed by atoms with Crippen molar-refractivity contribution >= 4 is 44.9 Å². The third-order valence-corrected chi connectivity index (χ3v) is 7.92. The van der Waals surface area contributed by atoms with Crippen molar-refractivity contribution < 1.29 is 14.3 Å². The summed E-state index contributed by atoms with van der Waals surface area (Å²) in [5.41, 5.74) is 1.75. The summed E-state index contributed by atoms with van der Waals surface area (Å²) in [7, 11) is 0. The first-order valence-electron chi connectivity index (χ1n) is 10.6. The van der Waals surface area contributed by atoms with Crippen LogP contribution in [0.3, 0.4) is 0 Å². The number of nitrogens with one attached hydrogen (secondary N) is 1. The van der Waals surface area contributed by atoms with Crippen LogP contribution in [0, 0.1) is 0 Å². The molecular weight excluding hydrogens is 446 g/mol. The van der Waals surface area contributed by atoms with Gasteiger partial charge < -0.3 is 14.8 Å². The van der Waals surface area contributed by atoms with Gasteiger partial charge in [-0.3, -0.25) is 14.2 Å². The van der Waals surface area contributed by atoms with E-state index in [-0.39, 0.29) is 18.3 Å². The topological polar surface area (TPSA) is 82.5 Å². The van der Waals surface area contributed by atoms with Crippen molar-refractivity contribution in [3.63, 3.8) is 0 Å². The summed E-state index contributed by atoms with van der Waals surface area (Å²) in [4.78, 5) is 33.1. The Hall–Kier alpha value is -2.78. The van der Waals surface area contributed by atoms with Gasteiger partial charge >= 0.3 is 0 Å². The van der Waals surface area contributed by atoms with E-state index in [9.17, 15) is 9.59 Å². The minimum atomic E-state index is -0.463. The Labute approximate surface area is 193 Å². The van der Waals surface area contributed by atoms with Gasteiger partial charge in [-0.2, -0.15) is 0 Å². The second-order valence-electron chi connectivity index (χ2n) is 7.81. The summed E-state index contributed by atoms with van der Waals surface area (Å²) in [6, 6.07) is 5.29. The number of carbonyl (C=O) groups excluding carboxylic acids is 1. The molecule has 0 spiro atoms. The average Bonchev–Trinajstić information content (AvgIpc) is 3.40. The first kappa shape index (κ1) is 21.1. The van der Waals surface area contributed by atoms with Gasteiger partial charge in [-0.15, -0.1) is 17.9 Å². The molecule has 0 bridgehead atoms. The molecule has 166 valence electrons. The highest BCUT2D eigenvalue weighted by molar-refractivity contribution is 8.00. The van der Waals surface area contributed by atoms with Gasteiger partial charge in [0.2, 0.25) is 12.7 Å². The molecule has 2 aliphatic rings. The molecule has 0 saturated carbocycles. The van der Waals surface area contributed by atoms with E-state index in [2.05, 4.69) is 11.9 Å². The van der Waals surface area contributed by atoms with Crippen molar-refractivity contribution in [1.82, 2.24) is 9.55 Å². The van der Waals surface area contributed by atoms with Gasteiger partial charge in [0.05, 0.1) is 10.6 Å². The van der Waals surface area contributed by atoms with Gasteiger partial charge in [-0.05, 0) is 50.3 Å². The number of nitrogens with zero attached hydrogens (tertiary/aromatic N) is 2. The van der Waals surface area contributed by atoms with E-state index in [1.54, 1.807) is 47.1 Å². The van der Waals surface area contributed by atoms with Gasteiger partial charge in [0.1, 0.15) is 4.83 Å². The number of allylic oxidation sites excluding steroid dienone is 1. The second-order valence-corrected chi connectivity index (χ2v) is 10.2. The van der Waals surface area contributed by atoms with Gasteiger partial charge in [0.25, 0.3) is 5.56 Å². The zero-order valence-corrected chi connectivity index (χ0v) is 19.3. The summed E-state index contributed by atoms with van der Waals surface area (Å²) < 4.78 is 12.3. The fraction of sp³-hybridized carbons (Fsp3) is 0.348. The molecule has 0 fully saturated rings. The first-order valence-corrected chi connectivity index (χ1v) is 12.3. The van der Waals surface area contributed by atoms with Gasteiger partial charge in [0, 0.05) is 23.2 Å². The molecule has 7 nitrogen and oxygen atoms in total. The summed E-state index contributed by atoms with van der Waals surface area (Å²) in [6.07, 6.45) is 5.89. The number of thiophene rings is 1. The normalized spacial score (nSPS) is 15.4. The highest BCUT2D eigenvalue weighted by Gasteiger charge is 2.24. The quantitative estimate of drug-likeness (QED) is 0.328. The number of aromatic nitrogens is 2. The zero-order chi connectivity index (χ0) is 22.2. The number of aryl methyl sites for hydroxylation is 2. The molecule has 3 heterocycles. The summed E-state index contributed by atoms with van der Waals surface area (Å²) in [5, 5.41) is 3.72. The molecule has 1 amide bonds. The van der Waals surface area contributed by atoms with Gasteiger partial charge in [-0.25, -0.2) is 4.98 Å². The van der Waals surface area contributed by atoms with E-state index in [1.165, 1.54) is 16.6 Å². The van der Waals surface area contributed by atoms with Crippen molar-refractivity contribution in [3.8, 4) is 11.5 Å². The van der Waals surface area contributed by atoms with Crippen molar-refractivity contribution in [2.75, 3.05) is 12.1 Å². The third-order valence-electron chi connectivity index (χ3n) is 5.64. The van der Waals surface area contributed by atoms with Crippen LogP contribution in [0.1, 0.15) is 30.2 Å². The molecule has 5 rings (SSSR count). The standard InChI is InChI=1S/C23H23N3O4S2/c1-3-10-26-22(28)19-15-6-4-5-7-18(15)32-21(19)25-23(26)31-13(2)20(27)24-14-8-9-16-17(11-14)30-12-29-16/h3,8-9,11,13H,1,4-7,10,12H2,2H3,(H,24,27)/t13-/m1/s1. The van der Waals surface area contributed by atoms with Crippen LogP contribution in [0.25, 0.3) is 10.2 Å². The smallest absolute Gasteiger partial charge is 0.263 e. The minimum Gasteiger partial charge on any atom is -0.454 e. The van der Waals surface area contributed by atoms with Gasteiger partial charge in [-0.1, -0.05) is 17.8 Å². The second kappa shape index (κ2) is 8.63. The molecule has 1 aliphatic heterocycles. The third kappa shape index (κ3) is 3.80. The highest BCUT2D eigenvalue weighted by atomic mass is 32.2. The first-order chi connectivity index (χ1) is 15.5. The van der Waals surface area contributed by atoms with E-state index >= 15 is 0 Å². The number of hydrogen-bond donors (Lipinski definition) is 1. The van der Waals surface area contributed by atoms with Crippen LogP contribution in [-0.4, -0.2) is 27.5 Å². The van der Waals surface area contributed by atoms with Crippen LogP contribution in [0.5, 0.6) is 11.5 Å². The number of ether oxygens (including phenoxy) is 2. The molecule has 32 heavy (non-hydrogen) atoms. The molecule has 3 aromatic rings. The Kier molecular flexibility index (Phi) is 5.69. The lowest BCUT2D eigenvalue weighted by Crippen LogP contribution is -2.27. The lowest BCUT2D eigenvalue weighted by molar-refractivity contribution is -0.115. The lowest BCUT2D eigenvalue weighted by atomic mass is 9.97. The fourth-order valence-electron chi connectivity index (χ4n) is 4.03. The number of hydrogen-bond acceptors (Lipinski definition) is 7. The molecule has 2 aromatic heterocycles. The van der Waals surface area contributed by atoms with E-state index in [4.69, 9.17) is 14.5 Å². The number of benzene rings is 1. The molecule has 0 saturated heterocycles. The molecule has 1 aliphatic carbocycles. The number of fused-ring (bicyclic) bond motifs is 4. The Balaban J connectivity index is 1.42. The van der Waals surface area contributed by atoms with Crippen molar-refractivity contribution in [2.45, 2.75) is 49.6 Å². The van der Waals surface area contributed by atoms with E-state index in [0.29, 0.717) is 28.9 Å². The van der Waals surface area contributed by atoms with E-state index < -0.39 is 5.25 Å². The van der Waals surface area contributed by atoms with Crippen molar-refractivity contribution in [1.29, 1.82) is 0 Å². The molecular formula is C23H23N3O4S2. The van der Waals surface area contributed by atoms with Crippen molar-refractivity contribution in [3.05, 3.63) is 51.6 Å². The predicted molar refractivity (Wildman–Crippen MR) is 127 cm³/mol. The number of amides is 1. The predicted octanol–water partition coefficient (Wildman–Crippen LogP) is 4.37. The summed E-state index contributed by atoms with van der Waals surface area (Å²) in [5.74, 6) is 1.09. The monoisotopic (exact) mass is 469 g/mol. The number of anilines is 1. The lowest BCUT2D eigenvalue weighted by Gasteiger charge is -2.15. The van der Waals surface area contributed by atoms with E-state index in [0.717, 1.165) is 41.5 Å². The molecule has 1 N–H and O–H groups in total. The van der Waals surface area contributed by atoms with Crippen LogP contribution in [-0.2, 0) is 24.2 Å². The Morgan fingerprint density at radius 3 is 3.00 bits per heavy atom. The fourth-order valence-corrected chi connectivity index (χ4v) is 6.25. The average molecular weight is 470 g/mol. The summed E-state index contributed by atoms with van der Waals surface area (Å²) in [6.45, 7) is 6.14. The van der Waals surface area contributed by atoms with Crippen LogP contribution in [0.2, 0.25) is 0 Å². The van der Waals surface area contributed by atoms with Crippen LogP contribution >= 0.6 is 23.1 Å². The Morgan fingerprint density at radius 2 is 2.16 bits per heavy atom. The maximum atomic E-state index is 13.4. The minimum absolute atomic E-state index is 0.0415. The molecule has 1 atom stereocenters. The van der Waals surface area contributed by atoms with Crippen LogP contribution < -0.4 is 20.3 Å². The largest absolute Gasteiger partial charge is 0.454 e. The zero-order valence-electron chi connectivity index (χ0n) is 17.7. The number of carbonyl (C=O) groups is 1. The molecule has 1 aromatic carbocycles. The van der Waals surface area contributed by atoms with Gasteiger partial charge in [0.15, 0.2) is 16.7 Å². The Bertz CT molecular complexity index is 1280. The molecule has 9 heteroatoms. The maximum absolute atomic E-state index is 13.4.